The van der Waals surface area contributed by atoms with Crippen molar-refractivity contribution in [2.75, 3.05) is 0 Å². The SMILES string of the molecule is C=CCC(C(=O)O)[C@H]1CC[C@H]([C@H]2CC[C@H](c3ccc(C)cc3)CC2)CC1. The van der Waals surface area contributed by atoms with E-state index in [9.17, 15) is 9.90 Å². The van der Waals surface area contributed by atoms with Crippen LogP contribution in [0.3, 0.4) is 0 Å². The third kappa shape index (κ3) is 4.58. The van der Waals surface area contributed by atoms with Gasteiger partial charge in [-0.15, -0.1) is 6.58 Å². The Balaban J connectivity index is 1.48. The number of rotatable bonds is 6. The predicted molar refractivity (Wildman–Crippen MR) is 107 cm³/mol. The van der Waals surface area contributed by atoms with Gasteiger partial charge in [-0.3, -0.25) is 4.79 Å². The molecule has 0 aliphatic heterocycles. The highest BCUT2D eigenvalue weighted by molar-refractivity contribution is 5.70. The summed E-state index contributed by atoms with van der Waals surface area (Å²) in [4.78, 5) is 11.5. The summed E-state index contributed by atoms with van der Waals surface area (Å²) in [5, 5.41) is 9.48. The molecule has 1 aromatic carbocycles. The van der Waals surface area contributed by atoms with Crippen molar-refractivity contribution in [2.45, 2.75) is 70.6 Å². The zero-order chi connectivity index (χ0) is 18.5. The zero-order valence-electron chi connectivity index (χ0n) is 16.2. The molecule has 0 radical (unpaired) electrons. The Hall–Kier alpha value is -1.57. The number of hydrogen-bond acceptors (Lipinski definition) is 1. The number of carboxylic acids is 1. The van der Waals surface area contributed by atoms with Crippen LogP contribution in [0.4, 0.5) is 0 Å². The highest BCUT2D eigenvalue weighted by Gasteiger charge is 2.35. The van der Waals surface area contributed by atoms with Gasteiger partial charge in [-0.2, -0.15) is 0 Å². The van der Waals surface area contributed by atoms with Gasteiger partial charge in [-0.1, -0.05) is 35.9 Å². The van der Waals surface area contributed by atoms with Crippen LogP contribution in [-0.2, 0) is 4.79 Å². The van der Waals surface area contributed by atoms with E-state index in [2.05, 4.69) is 37.8 Å². The Bertz CT molecular complexity index is 587. The van der Waals surface area contributed by atoms with Gasteiger partial charge in [0.05, 0.1) is 5.92 Å². The monoisotopic (exact) mass is 354 g/mol. The van der Waals surface area contributed by atoms with Crippen LogP contribution >= 0.6 is 0 Å². The van der Waals surface area contributed by atoms with Crippen molar-refractivity contribution in [2.24, 2.45) is 23.7 Å². The Labute approximate surface area is 158 Å². The molecule has 0 bridgehead atoms. The molecule has 26 heavy (non-hydrogen) atoms. The first kappa shape index (κ1) is 19.2. The molecule has 1 atom stereocenters. The Kier molecular flexibility index (Phi) is 6.56. The molecule has 2 fully saturated rings. The summed E-state index contributed by atoms with van der Waals surface area (Å²) in [6.45, 7) is 5.89. The van der Waals surface area contributed by atoms with Gasteiger partial charge in [-0.25, -0.2) is 0 Å². The summed E-state index contributed by atoms with van der Waals surface area (Å²) in [7, 11) is 0. The van der Waals surface area contributed by atoms with Gasteiger partial charge < -0.3 is 5.11 Å². The third-order valence-electron chi connectivity index (χ3n) is 7.11. The van der Waals surface area contributed by atoms with Crippen LogP contribution in [-0.4, -0.2) is 11.1 Å². The lowest BCUT2D eigenvalue weighted by Crippen LogP contribution is -2.30. The summed E-state index contributed by atoms with van der Waals surface area (Å²) >= 11 is 0. The minimum absolute atomic E-state index is 0.217. The third-order valence-corrected chi connectivity index (χ3v) is 7.11. The fourth-order valence-electron chi connectivity index (χ4n) is 5.46. The number of aliphatic carboxylic acids is 1. The molecule has 3 rings (SSSR count). The topological polar surface area (TPSA) is 37.3 Å². The maximum atomic E-state index is 11.5. The number of carboxylic acid groups (broad SMARTS) is 1. The van der Waals surface area contributed by atoms with Crippen molar-refractivity contribution in [3.8, 4) is 0 Å². The van der Waals surface area contributed by atoms with E-state index >= 15 is 0 Å². The molecule has 2 heteroatoms. The standard InChI is InChI=1S/C24H34O2/c1-3-4-23(24(25)26)22-15-13-21(14-16-22)20-11-9-19(10-12-20)18-7-5-17(2)6-8-18/h3,5-8,19-23H,1,4,9-16H2,2H3,(H,25,26)/t19-,20-,21-,22-,23?. The summed E-state index contributed by atoms with van der Waals surface area (Å²) in [6, 6.07) is 9.12. The lowest BCUT2D eigenvalue weighted by atomic mass is 9.66. The quantitative estimate of drug-likeness (QED) is 0.604. The molecule has 142 valence electrons. The molecule has 2 aliphatic carbocycles. The maximum Gasteiger partial charge on any atom is 0.307 e. The van der Waals surface area contributed by atoms with E-state index in [-0.39, 0.29) is 5.92 Å². The number of carbonyl (C=O) groups is 1. The lowest BCUT2D eigenvalue weighted by molar-refractivity contribution is -0.144. The van der Waals surface area contributed by atoms with Gasteiger partial charge in [0.1, 0.15) is 0 Å². The van der Waals surface area contributed by atoms with E-state index in [1.807, 2.05) is 0 Å². The van der Waals surface area contributed by atoms with Crippen molar-refractivity contribution in [1.29, 1.82) is 0 Å². The second-order valence-electron chi connectivity index (χ2n) is 8.67. The van der Waals surface area contributed by atoms with Crippen molar-refractivity contribution < 1.29 is 9.90 Å². The first-order valence-electron chi connectivity index (χ1n) is 10.5. The van der Waals surface area contributed by atoms with Gasteiger partial charge in [0.2, 0.25) is 0 Å². The van der Waals surface area contributed by atoms with Gasteiger partial charge in [0, 0.05) is 0 Å². The summed E-state index contributed by atoms with van der Waals surface area (Å²) < 4.78 is 0. The van der Waals surface area contributed by atoms with Crippen LogP contribution in [0.2, 0.25) is 0 Å². The molecule has 0 spiro atoms. The van der Waals surface area contributed by atoms with E-state index in [0.29, 0.717) is 12.3 Å². The highest BCUT2D eigenvalue weighted by Crippen LogP contribution is 2.45. The molecule has 1 N–H and O–H groups in total. The molecule has 1 aromatic rings. The molecule has 0 amide bonds. The van der Waals surface area contributed by atoms with E-state index in [4.69, 9.17) is 0 Å². The fourth-order valence-corrected chi connectivity index (χ4v) is 5.46. The molecular weight excluding hydrogens is 320 g/mol. The maximum absolute atomic E-state index is 11.5. The number of aryl methyl sites for hydroxylation is 1. The zero-order valence-corrected chi connectivity index (χ0v) is 16.2. The van der Waals surface area contributed by atoms with E-state index in [1.165, 1.54) is 49.7 Å². The van der Waals surface area contributed by atoms with Crippen LogP contribution < -0.4 is 0 Å². The van der Waals surface area contributed by atoms with Crippen LogP contribution in [0.5, 0.6) is 0 Å². The largest absolute Gasteiger partial charge is 0.481 e. The van der Waals surface area contributed by atoms with E-state index in [1.54, 1.807) is 6.08 Å². The molecule has 2 saturated carbocycles. The number of allylic oxidation sites excluding steroid dienone is 1. The predicted octanol–water partition coefficient (Wildman–Crippen LogP) is 6.35. The van der Waals surface area contributed by atoms with Gasteiger partial charge in [0.25, 0.3) is 0 Å². The molecule has 0 heterocycles. The van der Waals surface area contributed by atoms with Crippen molar-refractivity contribution >= 4 is 5.97 Å². The second-order valence-corrected chi connectivity index (χ2v) is 8.67. The number of hydrogen-bond donors (Lipinski definition) is 1. The average molecular weight is 355 g/mol. The molecule has 0 saturated heterocycles. The molecular formula is C24H34O2. The van der Waals surface area contributed by atoms with Crippen LogP contribution in [0.25, 0.3) is 0 Å². The summed E-state index contributed by atoms with van der Waals surface area (Å²) in [5.41, 5.74) is 2.86. The van der Waals surface area contributed by atoms with Crippen LogP contribution in [0, 0.1) is 30.6 Å². The van der Waals surface area contributed by atoms with E-state index < -0.39 is 5.97 Å². The minimum Gasteiger partial charge on any atom is -0.481 e. The van der Waals surface area contributed by atoms with Gasteiger partial charge in [-0.05, 0) is 93.9 Å². The second kappa shape index (κ2) is 8.88. The summed E-state index contributed by atoms with van der Waals surface area (Å²) in [6.07, 6.45) is 12.4. The van der Waals surface area contributed by atoms with Crippen molar-refractivity contribution in [3.05, 3.63) is 48.0 Å². The molecule has 0 aromatic heterocycles. The molecule has 1 unspecified atom stereocenters. The van der Waals surface area contributed by atoms with Gasteiger partial charge >= 0.3 is 5.97 Å². The number of benzene rings is 1. The Morgan fingerprint density at radius 1 is 1.04 bits per heavy atom. The van der Waals surface area contributed by atoms with Crippen molar-refractivity contribution in [1.82, 2.24) is 0 Å². The molecule has 2 aliphatic rings. The van der Waals surface area contributed by atoms with Crippen molar-refractivity contribution in [3.63, 3.8) is 0 Å². The fraction of sp³-hybridized carbons (Fsp3) is 0.625. The van der Waals surface area contributed by atoms with Gasteiger partial charge in [0.15, 0.2) is 0 Å². The highest BCUT2D eigenvalue weighted by atomic mass is 16.4. The Morgan fingerprint density at radius 3 is 2.08 bits per heavy atom. The molecule has 2 nitrogen and oxygen atoms in total. The Morgan fingerprint density at radius 2 is 1.58 bits per heavy atom. The smallest absolute Gasteiger partial charge is 0.307 e. The normalized spacial score (nSPS) is 30.5. The average Bonchev–Trinajstić information content (AvgIpc) is 2.67. The first-order valence-corrected chi connectivity index (χ1v) is 10.5. The first-order chi connectivity index (χ1) is 12.6. The summed E-state index contributed by atoms with van der Waals surface area (Å²) in [5.74, 6) is 1.93. The lowest BCUT2D eigenvalue weighted by Gasteiger charge is -2.39. The van der Waals surface area contributed by atoms with Crippen LogP contribution in [0.1, 0.15) is 74.8 Å². The van der Waals surface area contributed by atoms with E-state index in [0.717, 1.165) is 30.6 Å². The minimum atomic E-state index is -0.632. The van der Waals surface area contributed by atoms with Crippen LogP contribution in [0.15, 0.2) is 36.9 Å².